The van der Waals surface area contributed by atoms with Crippen LogP contribution in [0.4, 0.5) is 0 Å². The highest BCUT2D eigenvalue weighted by Gasteiger charge is 2.39. The minimum absolute atomic E-state index is 0.00230. The van der Waals surface area contributed by atoms with Gasteiger partial charge in [0.25, 0.3) is 5.91 Å². The fraction of sp³-hybridized carbons (Fsp3) is 0.353. The van der Waals surface area contributed by atoms with Crippen molar-refractivity contribution in [2.24, 2.45) is 0 Å². The Hall–Kier alpha value is -2.34. The second-order valence-corrected chi connectivity index (χ2v) is 6.43. The van der Waals surface area contributed by atoms with E-state index in [0.717, 1.165) is 18.5 Å². The van der Waals surface area contributed by atoms with Crippen LogP contribution in [0.25, 0.3) is 5.69 Å². The Bertz CT molecular complexity index is 798. The van der Waals surface area contributed by atoms with Gasteiger partial charge in [-0.2, -0.15) is 5.10 Å². The standard InChI is InChI=1S/C17H18ClN3O3/c1-10-15(9-19-21(10)14-5-3-4-12(18)8-14)16(22)20(13-6-7-13)11(2)17(23)24/h3-5,8-9,11,13H,6-7H2,1-2H3,(H,23,24). The molecule has 1 unspecified atom stereocenters. The van der Waals surface area contributed by atoms with Gasteiger partial charge in [0, 0.05) is 11.1 Å². The molecule has 2 aromatic rings. The number of aliphatic carboxylic acids is 1. The minimum Gasteiger partial charge on any atom is -0.480 e. The van der Waals surface area contributed by atoms with Crippen LogP contribution in [-0.4, -0.2) is 43.7 Å². The molecule has 6 nitrogen and oxygen atoms in total. The number of carbonyl (C=O) groups is 2. The molecule has 3 rings (SSSR count). The van der Waals surface area contributed by atoms with E-state index in [-0.39, 0.29) is 11.9 Å². The van der Waals surface area contributed by atoms with Gasteiger partial charge in [-0.25, -0.2) is 9.48 Å². The molecule has 126 valence electrons. The summed E-state index contributed by atoms with van der Waals surface area (Å²) in [5, 5.41) is 14.1. The molecule has 0 aliphatic heterocycles. The molecular weight excluding hydrogens is 330 g/mol. The molecule has 1 saturated carbocycles. The molecule has 0 spiro atoms. The number of rotatable bonds is 5. The number of carboxylic acids is 1. The summed E-state index contributed by atoms with van der Waals surface area (Å²) < 4.78 is 1.63. The number of amides is 1. The van der Waals surface area contributed by atoms with E-state index in [1.165, 1.54) is 18.0 Å². The van der Waals surface area contributed by atoms with Gasteiger partial charge in [-0.3, -0.25) is 4.79 Å². The van der Waals surface area contributed by atoms with E-state index in [1.54, 1.807) is 23.7 Å². The lowest BCUT2D eigenvalue weighted by atomic mass is 10.1. The molecule has 1 aromatic carbocycles. The van der Waals surface area contributed by atoms with Gasteiger partial charge in [0.1, 0.15) is 6.04 Å². The summed E-state index contributed by atoms with van der Waals surface area (Å²) in [5.74, 6) is -1.30. The van der Waals surface area contributed by atoms with Crippen molar-refractivity contribution in [3.63, 3.8) is 0 Å². The maximum absolute atomic E-state index is 12.9. The van der Waals surface area contributed by atoms with Gasteiger partial charge in [-0.15, -0.1) is 0 Å². The van der Waals surface area contributed by atoms with E-state index in [0.29, 0.717) is 16.3 Å². The molecular formula is C17H18ClN3O3. The Morgan fingerprint density at radius 3 is 2.71 bits per heavy atom. The first-order valence-corrected chi connectivity index (χ1v) is 8.14. The van der Waals surface area contributed by atoms with Gasteiger partial charge in [0.05, 0.1) is 23.1 Å². The summed E-state index contributed by atoms with van der Waals surface area (Å²) in [7, 11) is 0. The van der Waals surface area contributed by atoms with Crippen molar-refractivity contribution in [2.75, 3.05) is 0 Å². The van der Waals surface area contributed by atoms with Crippen LogP contribution in [-0.2, 0) is 4.79 Å². The van der Waals surface area contributed by atoms with Gasteiger partial charge in [-0.05, 0) is 44.9 Å². The topological polar surface area (TPSA) is 75.4 Å². The largest absolute Gasteiger partial charge is 0.480 e. The van der Waals surface area contributed by atoms with Gasteiger partial charge in [-0.1, -0.05) is 17.7 Å². The number of benzene rings is 1. The molecule has 1 N–H and O–H groups in total. The van der Waals surface area contributed by atoms with Crippen LogP contribution in [0.1, 0.15) is 35.8 Å². The molecule has 1 aliphatic carbocycles. The zero-order chi connectivity index (χ0) is 17.4. The molecule has 1 heterocycles. The lowest BCUT2D eigenvalue weighted by molar-refractivity contribution is -0.141. The van der Waals surface area contributed by atoms with Crippen LogP contribution in [0.5, 0.6) is 0 Å². The molecule has 7 heteroatoms. The van der Waals surface area contributed by atoms with Crippen LogP contribution in [0.2, 0.25) is 5.02 Å². The molecule has 1 aromatic heterocycles. The third-order valence-electron chi connectivity index (χ3n) is 4.24. The quantitative estimate of drug-likeness (QED) is 0.902. The van der Waals surface area contributed by atoms with Gasteiger partial charge >= 0.3 is 5.97 Å². The highest BCUT2D eigenvalue weighted by atomic mass is 35.5. The lowest BCUT2D eigenvalue weighted by Gasteiger charge is -2.26. The number of carboxylic acid groups (broad SMARTS) is 1. The van der Waals surface area contributed by atoms with Crippen LogP contribution in [0, 0.1) is 6.92 Å². The average molecular weight is 348 g/mol. The molecule has 0 bridgehead atoms. The number of hydrogen-bond donors (Lipinski definition) is 1. The zero-order valence-corrected chi connectivity index (χ0v) is 14.2. The van der Waals surface area contributed by atoms with E-state index in [2.05, 4.69) is 5.10 Å². The zero-order valence-electron chi connectivity index (χ0n) is 13.4. The molecule has 24 heavy (non-hydrogen) atoms. The predicted octanol–water partition coefficient (Wildman–Crippen LogP) is 2.91. The van der Waals surface area contributed by atoms with Crippen molar-refractivity contribution in [1.29, 1.82) is 0 Å². The maximum atomic E-state index is 12.9. The summed E-state index contributed by atoms with van der Waals surface area (Å²) >= 11 is 6.01. The highest BCUT2D eigenvalue weighted by molar-refractivity contribution is 6.30. The first-order chi connectivity index (χ1) is 11.4. The number of nitrogens with zero attached hydrogens (tertiary/aromatic N) is 3. The Kier molecular flexibility index (Phi) is 4.32. The second kappa shape index (κ2) is 6.28. The van der Waals surface area contributed by atoms with E-state index in [9.17, 15) is 14.7 Å². The third kappa shape index (κ3) is 3.01. The second-order valence-electron chi connectivity index (χ2n) is 5.99. The molecule has 1 fully saturated rings. The van der Waals surface area contributed by atoms with E-state index in [4.69, 9.17) is 11.6 Å². The van der Waals surface area contributed by atoms with E-state index in [1.807, 2.05) is 12.1 Å². The summed E-state index contributed by atoms with van der Waals surface area (Å²) in [6.07, 6.45) is 3.16. The highest BCUT2D eigenvalue weighted by Crippen LogP contribution is 2.31. The number of halogens is 1. The number of hydrogen-bond acceptors (Lipinski definition) is 3. The Morgan fingerprint density at radius 1 is 1.42 bits per heavy atom. The molecule has 0 saturated heterocycles. The number of carbonyl (C=O) groups excluding carboxylic acids is 1. The van der Waals surface area contributed by atoms with Crippen LogP contribution < -0.4 is 0 Å². The van der Waals surface area contributed by atoms with Gasteiger partial charge in [0.15, 0.2) is 0 Å². The van der Waals surface area contributed by atoms with Crippen LogP contribution in [0.3, 0.4) is 0 Å². The molecule has 1 atom stereocenters. The number of aromatic nitrogens is 2. The van der Waals surface area contributed by atoms with Crippen molar-refractivity contribution in [2.45, 2.75) is 38.8 Å². The van der Waals surface area contributed by atoms with Gasteiger partial charge < -0.3 is 10.0 Å². The predicted molar refractivity (Wildman–Crippen MR) is 89.6 cm³/mol. The average Bonchev–Trinajstić information content (AvgIpc) is 3.28. The lowest BCUT2D eigenvalue weighted by Crippen LogP contribution is -2.44. The van der Waals surface area contributed by atoms with Crippen molar-refractivity contribution >= 4 is 23.5 Å². The molecule has 1 amide bonds. The smallest absolute Gasteiger partial charge is 0.326 e. The van der Waals surface area contributed by atoms with Crippen LogP contribution in [0.15, 0.2) is 30.5 Å². The Labute approximate surface area is 144 Å². The fourth-order valence-electron chi connectivity index (χ4n) is 2.76. The third-order valence-corrected chi connectivity index (χ3v) is 4.48. The van der Waals surface area contributed by atoms with Crippen molar-refractivity contribution in [3.05, 3.63) is 46.7 Å². The minimum atomic E-state index is -1.00. The van der Waals surface area contributed by atoms with Crippen molar-refractivity contribution < 1.29 is 14.7 Å². The van der Waals surface area contributed by atoms with Gasteiger partial charge in [0.2, 0.25) is 0 Å². The maximum Gasteiger partial charge on any atom is 0.326 e. The summed E-state index contributed by atoms with van der Waals surface area (Å²) in [6, 6.07) is 6.31. The fourth-order valence-corrected chi connectivity index (χ4v) is 2.94. The molecule has 1 aliphatic rings. The van der Waals surface area contributed by atoms with E-state index >= 15 is 0 Å². The van der Waals surface area contributed by atoms with E-state index < -0.39 is 12.0 Å². The molecule has 0 radical (unpaired) electrons. The first-order valence-electron chi connectivity index (χ1n) is 7.76. The SMILES string of the molecule is Cc1c(C(=O)N(C2CC2)C(C)C(=O)O)cnn1-c1cccc(Cl)c1. The van der Waals surface area contributed by atoms with Crippen molar-refractivity contribution in [1.82, 2.24) is 14.7 Å². The Morgan fingerprint density at radius 2 is 2.12 bits per heavy atom. The monoisotopic (exact) mass is 347 g/mol. The van der Waals surface area contributed by atoms with Crippen LogP contribution >= 0.6 is 11.6 Å². The summed E-state index contributed by atoms with van der Waals surface area (Å²) in [5.41, 5.74) is 1.82. The summed E-state index contributed by atoms with van der Waals surface area (Å²) in [6.45, 7) is 3.33. The normalized spacial score (nSPS) is 15.1. The summed E-state index contributed by atoms with van der Waals surface area (Å²) in [4.78, 5) is 25.7. The van der Waals surface area contributed by atoms with Crippen molar-refractivity contribution in [3.8, 4) is 5.69 Å². The Balaban J connectivity index is 1.95. The first kappa shape index (κ1) is 16.5.